The highest BCUT2D eigenvalue weighted by Crippen LogP contribution is 2.30. The van der Waals surface area contributed by atoms with Crippen LogP contribution in [0.25, 0.3) is 0 Å². The monoisotopic (exact) mass is 384 g/mol. The maximum Gasteiger partial charge on any atom is 0.312 e. The first-order chi connectivity index (χ1) is 12.3. The van der Waals surface area contributed by atoms with Crippen molar-refractivity contribution in [2.24, 2.45) is 0 Å². The van der Waals surface area contributed by atoms with Gasteiger partial charge in [-0.05, 0) is 24.3 Å². The van der Waals surface area contributed by atoms with Crippen LogP contribution in [0.5, 0.6) is 11.5 Å². The minimum atomic E-state index is -3.98. The summed E-state index contributed by atoms with van der Waals surface area (Å²) in [5.41, 5.74) is -0.454. The molecule has 0 heterocycles. The summed E-state index contributed by atoms with van der Waals surface area (Å²) in [4.78, 5) is 10.1. The summed E-state index contributed by atoms with van der Waals surface area (Å²) in [5, 5.41) is 11.1. The number of nitro benzene ring substituents is 1. The molecule has 8 nitrogen and oxygen atoms in total. The number of halogens is 1. The zero-order chi connectivity index (χ0) is 19.3. The third-order valence-corrected chi connectivity index (χ3v) is 5.41. The lowest BCUT2D eigenvalue weighted by molar-refractivity contribution is -0.386. The molecule has 0 aliphatic carbocycles. The topological polar surface area (TPSA) is 99.0 Å². The van der Waals surface area contributed by atoms with Crippen LogP contribution in [0.15, 0.2) is 47.4 Å². The fourth-order valence-corrected chi connectivity index (χ4v) is 3.29. The molecule has 2 aromatic rings. The largest absolute Gasteiger partial charge is 0.490 e. The third-order valence-electron chi connectivity index (χ3n) is 3.56. The fraction of sp³-hybridized carbons (Fsp3) is 0.250. The maximum atomic E-state index is 13.5. The number of sulfonamides is 1. The van der Waals surface area contributed by atoms with Gasteiger partial charge in [0.25, 0.3) is 0 Å². The van der Waals surface area contributed by atoms with Crippen LogP contribution >= 0.6 is 0 Å². The Balaban J connectivity index is 2.12. The average Bonchev–Trinajstić information content (AvgIpc) is 2.62. The molecule has 0 N–H and O–H groups in total. The minimum Gasteiger partial charge on any atom is -0.490 e. The average molecular weight is 384 g/mol. The van der Waals surface area contributed by atoms with E-state index >= 15 is 0 Å². The molecule has 0 radical (unpaired) electrons. The lowest BCUT2D eigenvalue weighted by atomic mass is 10.3. The minimum absolute atomic E-state index is 0.0124. The van der Waals surface area contributed by atoms with Crippen LogP contribution in [0.1, 0.15) is 0 Å². The molecule has 0 fully saturated rings. The van der Waals surface area contributed by atoms with Gasteiger partial charge < -0.3 is 9.47 Å². The van der Waals surface area contributed by atoms with Crippen LogP contribution in [0.3, 0.4) is 0 Å². The molecule has 2 aromatic carbocycles. The summed E-state index contributed by atoms with van der Waals surface area (Å²) < 4.78 is 49.6. The van der Waals surface area contributed by atoms with E-state index in [4.69, 9.17) is 9.47 Å². The normalized spacial score (nSPS) is 11.4. The molecule has 0 aliphatic heterocycles. The number of nitro groups is 1. The van der Waals surface area contributed by atoms with Crippen LogP contribution in [0.4, 0.5) is 10.1 Å². The Morgan fingerprint density at radius 3 is 2.50 bits per heavy atom. The molecule has 26 heavy (non-hydrogen) atoms. The first-order valence-electron chi connectivity index (χ1n) is 7.43. The second-order valence-electron chi connectivity index (χ2n) is 5.20. The van der Waals surface area contributed by atoms with Crippen LogP contribution < -0.4 is 9.47 Å². The predicted octanol–water partition coefficient (Wildman–Crippen LogP) is 2.44. The number of para-hydroxylation sites is 1. The maximum absolute atomic E-state index is 13.5. The van der Waals surface area contributed by atoms with E-state index < -0.39 is 26.5 Å². The highest BCUT2D eigenvalue weighted by Gasteiger charge is 2.25. The van der Waals surface area contributed by atoms with E-state index in [9.17, 15) is 22.9 Å². The van der Waals surface area contributed by atoms with Gasteiger partial charge in [0.2, 0.25) is 10.0 Å². The molecule has 10 heteroatoms. The van der Waals surface area contributed by atoms with Gasteiger partial charge in [-0.2, -0.15) is 4.31 Å². The van der Waals surface area contributed by atoms with Gasteiger partial charge in [0, 0.05) is 19.7 Å². The Morgan fingerprint density at radius 2 is 1.88 bits per heavy atom. The van der Waals surface area contributed by atoms with E-state index in [2.05, 4.69) is 0 Å². The number of likely N-dealkylation sites (N-methyl/N-ethyl adjacent to an activating group) is 1. The number of methoxy groups -OCH3 is 1. The molecule has 0 saturated carbocycles. The molecule has 0 amide bonds. The van der Waals surface area contributed by atoms with E-state index in [1.54, 1.807) is 6.07 Å². The van der Waals surface area contributed by atoms with Crippen LogP contribution in [-0.2, 0) is 10.0 Å². The van der Waals surface area contributed by atoms with Crippen molar-refractivity contribution in [2.45, 2.75) is 4.90 Å². The van der Waals surface area contributed by atoms with Crippen molar-refractivity contribution in [3.05, 3.63) is 58.4 Å². The van der Waals surface area contributed by atoms with Crippen molar-refractivity contribution in [2.75, 3.05) is 27.3 Å². The van der Waals surface area contributed by atoms with Crippen molar-refractivity contribution in [1.29, 1.82) is 0 Å². The van der Waals surface area contributed by atoms with Gasteiger partial charge in [-0.15, -0.1) is 0 Å². The van der Waals surface area contributed by atoms with Gasteiger partial charge in [-0.3, -0.25) is 10.1 Å². The first kappa shape index (κ1) is 19.6. The highest BCUT2D eigenvalue weighted by atomic mass is 32.2. The summed E-state index contributed by atoms with van der Waals surface area (Å²) >= 11 is 0. The molecular weight excluding hydrogens is 367 g/mol. The van der Waals surface area contributed by atoms with Gasteiger partial charge in [0.05, 0.1) is 16.9 Å². The Morgan fingerprint density at radius 1 is 1.19 bits per heavy atom. The van der Waals surface area contributed by atoms with Gasteiger partial charge in [0.15, 0.2) is 17.3 Å². The third kappa shape index (κ3) is 4.27. The Labute approximate surface area is 150 Å². The summed E-state index contributed by atoms with van der Waals surface area (Å²) in [7, 11) is -1.43. The van der Waals surface area contributed by atoms with Crippen LogP contribution in [-0.4, -0.2) is 45.0 Å². The zero-order valence-corrected chi connectivity index (χ0v) is 14.9. The van der Waals surface area contributed by atoms with Crippen molar-refractivity contribution in [3.63, 3.8) is 0 Å². The second-order valence-corrected chi connectivity index (χ2v) is 7.24. The summed E-state index contributed by atoms with van der Waals surface area (Å²) in [6.07, 6.45) is 0. The van der Waals surface area contributed by atoms with Crippen LogP contribution in [0, 0.1) is 15.9 Å². The van der Waals surface area contributed by atoms with Gasteiger partial charge >= 0.3 is 5.69 Å². The number of ether oxygens (including phenoxy) is 2. The highest BCUT2D eigenvalue weighted by molar-refractivity contribution is 7.89. The molecule has 140 valence electrons. The van der Waals surface area contributed by atoms with Gasteiger partial charge in [-0.1, -0.05) is 12.1 Å². The second kappa shape index (κ2) is 8.11. The number of hydrogen-bond acceptors (Lipinski definition) is 6. The van der Waals surface area contributed by atoms with Crippen LogP contribution in [0.2, 0.25) is 0 Å². The Hall–Kier alpha value is -2.72. The molecular formula is C16H17FN2O6S. The van der Waals surface area contributed by atoms with Crippen molar-refractivity contribution < 1.29 is 27.2 Å². The van der Waals surface area contributed by atoms with E-state index in [1.165, 1.54) is 44.5 Å². The molecule has 0 atom stereocenters. The van der Waals surface area contributed by atoms with E-state index in [0.29, 0.717) is 0 Å². The standard InChI is InChI=1S/C16H17FN2O6S/c1-18(9-10-25-15-6-4-3-5-13(15)17)26(22,23)12-7-8-16(24-2)14(11-12)19(20)21/h3-8,11H,9-10H2,1-2H3. The summed E-state index contributed by atoms with van der Waals surface area (Å²) in [6.45, 7) is -0.161. The number of rotatable bonds is 8. The fourth-order valence-electron chi connectivity index (χ4n) is 2.12. The zero-order valence-electron chi connectivity index (χ0n) is 14.1. The quantitative estimate of drug-likeness (QED) is 0.512. The van der Waals surface area contributed by atoms with E-state index in [1.807, 2.05) is 0 Å². The Bertz CT molecular complexity index is 903. The predicted molar refractivity (Wildman–Crippen MR) is 91.4 cm³/mol. The molecule has 0 aromatic heterocycles. The van der Waals surface area contributed by atoms with Gasteiger partial charge in [0.1, 0.15) is 6.61 Å². The molecule has 2 rings (SSSR count). The van der Waals surface area contributed by atoms with E-state index in [0.717, 1.165) is 10.4 Å². The molecule has 0 unspecified atom stereocenters. The molecule has 0 spiro atoms. The SMILES string of the molecule is COc1ccc(S(=O)(=O)N(C)CCOc2ccccc2F)cc1[N+](=O)[O-]. The molecule has 0 bridgehead atoms. The van der Waals surface area contributed by atoms with E-state index in [-0.39, 0.29) is 29.5 Å². The smallest absolute Gasteiger partial charge is 0.312 e. The number of benzene rings is 2. The summed E-state index contributed by atoms with van der Waals surface area (Å²) in [6, 6.07) is 9.13. The van der Waals surface area contributed by atoms with Gasteiger partial charge in [-0.25, -0.2) is 12.8 Å². The Kier molecular flexibility index (Phi) is 6.11. The van der Waals surface area contributed by atoms with Crippen molar-refractivity contribution in [1.82, 2.24) is 4.31 Å². The lowest BCUT2D eigenvalue weighted by Gasteiger charge is -2.18. The van der Waals surface area contributed by atoms with Crippen molar-refractivity contribution in [3.8, 4) is 11.5 Å². The first-order valence-corrected chi connectivity index (χ1v) is 8.87. The summed E-state index contributed by atoms with van der Waals surface area (Å²) in [5.74, 6) is -0.582. The lowest BCUT2D eigenvalue weighted by Crippen LogP contribution is -2.31. The number of nitrogens with zero attached hydrogens (tertiary/aromatic N) is 2. The molecule has 0 aliphatic rings. The van der Waals surface area contributed by atoms with Crippen molar-refractivity contribution >= 4 is 15.7 Å². The number of hydrogen-bond donors (Lipinski definition) is 0. The molecule has 0 saturated heterocycles.